The lowest BCUT2D eigenvalue weighted by atomic mass is 10.1. The minimum absolute atomic E-state index is 0.0683. The van der Waals surface area contributed by atoms with Crippen molar-refractivity contribution in [2.24, 2.45) is 0 Å². The fraction of sp³-hybridized carbons (Fsp3) is 0.400. The number of carbonyl (C=O) groups excluding carboxylic acids is 2. The van der Waals surface area contributed by atoms with Crippen LogP contribution in [0.3, 0.4) is 0 Å². The molecule has 1 aromatic carbocycles. The number of nitrogens with zero attached hydrogens (tertiary/aromatic N) is 1. The molecule has 1 aromatic heterocycles. The zero-order valence-electron chi connectivity index (χ0n) is 15.1. The maximum absolute atomic E-state index is 12.6. The highest BCUT2D eigenvalue weighted by atomic mass is 32.1. The summed E-state index contributed by atoms with van der Waals surface area (Å²) in [5, 5.41) is 7.83. The molecule has 0 saturated carbocycles. The molecule has 2 heterocycles. The Hall–Kier alpha value is -2.34. The highest BCUT2D eigenvalue weighted by molar-refractivity contribution is 7.10. The van der Waals surface area contributed by atoms with Crippen molar-refractivity contribution in [1.82, 2.24) is 5.32 Å². The van der Waals surface area contributed by atoms with Gasteiger partial charge >= 0.3 is 0 Å². The number of hydrogen-bond acceptors (Lipinski definition) is 4. The smallest absolute Gasteiger partial charge is 0.253 e. The molecule has 1 aliphatic rings. The molecule has 0 aliphatic carbocycles. The van der Waals surface area contributed by atoms with Crippen LogP contribution in [-0.4, -0.2) is 31.4 Å². The second kappa shape index (κ2) is 8.85. The van der Waals surface area contributed by atoms with Crippen LogP contribution in [0.15, 0.2) is 35.7 Å². The average Bonchev–Trinajstić information content (AvgIpc) is 3.33. The van der Waals surface area contributed by atoms with Crippen LogP contribution < -0.4 is 15.5 Å². The molecule has 1 fully saturated rings. The van der Waals surface area contributed by atoms with E-state index in [0.29, 0.717) is 24.2 Å². The highest BCUT2D eigenvalue weighted by Gasteiger charge is 2.20. The van der Waals surface area contributed by atoms with Crippen molar-refractivity contribution in [1.29, 1.82) is 0 Å². The van der Waals surface area contributed by atoms with E-state index in [1.807, 2.05) is 36.6 Å². The summed E-state index contributed by atoms with van der Waals surface area (Å²) in [7, 11) is 0. The third-order valence-corrected chi connectivity index (χ3v) is 5.30. The predicted molar refractivity (Wildman–Crippen MR) is 107 cm³/mol. The quantitative estimate of drug-likeness (QED) is 0.781. The summed E-state index contributed by atoms with van der Waals surface area (Å²) in [6, 6.07) is 9.52. The normalized spacial score (nSPS) is 13.7. The van der Waals surface area contributed by atoms with Gasteiger partial charge in [-0.3, -0.25) is 9.59 Å². The van der Waals surface area contributed by atoms with Crippen LogP contribution in [0.5, 0.6) is 0 Å². The van der Waals surface area contributed by atoms with Gasteiger partial charge in [0.2, 0.25) is 5.91 Å². The zero-order valence-corrected chi connectivity index (χ0v) is 15.9. The lowest BCUT2D eigenvalue weighted by Crippen LogP contribution is -2.28. The first-order chi connectivity index (χ1) is 12.7. The number of amides is 2. The topological polar surface area (TPSA) is 61.4 Å². The minimum atomic E-state index is -0.0805. The maximum atomic E-state index is 12.6. The summed E-state index contributed by atoms with van der Waals surface area (Å²) >= 11 is 1.57. The molecule has 26 heavy (non-hydrogen) atoms. The Kier molecular flexibility index (Phi) is 6.28. The molecule has 0 spiro atoms. The number of nitrogens with one attached hydrogen (secondary N) is 2. The number of carbonyl (C=O) groups is 2. The first-order valence-corrected chi connectivity index (χ1v) is 10.0. The molecule has 138 valence electrons. The van der Waals surface area contributed by atoms with E-state index in [1.54, 1.807) is 17.4 Å². The molecule has 6 heteroatoms. The monoisotopic (exact) mass is 371 g/mol. The third-order valence-electron chi connectivity index (χ3n) is 4.42. The molecule has 2 N–H and O–H groups in total. The van der Waals surface area contributed by atoms with E-state index in [1.165, 1.54) is 0 Å². The number of hydrogen-bond donors (Lipinski definition) is 2. The van der Waals surface area contributed by atoms with Crippen LogP contribution in [-0.2, 0) is 11.2 Å². The highest BCUT2D eigenvalue weighted by Crippen LogP contribution is 2.27. The van der Waals surface area contributed by atoms with E-state index < -0.39 is 0 Å². The number of rotatable bonds is 7. The van der Waals surface area contributed by atoms with Gasteiger partial charge in [0.1, 0.15) is 0 Å². The molecule has 3 rings (SSSR count). The predicted octanol–water partition coefficient (Wildman–Crippen LogP) is 3.67. The Bertz CT molecular complexity index is 752. The number of thiophene rings is 1. The van der Waals surface area contributed by atoms with Crippen molar-refractivity contribution in [3.05, 3.63) is 46.2 Å². The summed E-state index contributed by atoms with van der Waals surface area (Å²) in [5.74, 6) is -0.149. The van der Waals surface area contributed by atoms with E-state index in [9.17, 15) is 9.59 Å². The first kappa shape index (κ1) is 18.5. The summed E-state index contributed by atoms with van der Waals surface area (Å²) in [5.41, 5.74) is 2.25. The fourth-order valence-electron chi connectivity index (χ4n) is 3.14. The summed E-state index contributed by atoms with van der Waals surface area (Å²) in [4.78, 5) is 28.2. The molecule has 1 aliphatic heterocycles. The van der Waals surface area contributed by atoms with Gasteiger partial charge in [-0.05, 0) is 48.9 Å². The average molecular weight is 372 g/mol. The van der Waals surface area contributed by atoms with E-state index in [-0.39, 0.29) is 11.8 Å². The Labute approximate surface area is 158 Å². The minimum Gasteiger partial charge on any atom is -0.371 e. The maximum Gasteiger partial charge on any atom is 0.253 e. The molecular weight excluding hydrogens is 346 g/mol. The van der Waals surface area contributed by atoms with Crippen molar-refractivity contribution < 1.29 is 9.59 Å². The molecule has 0 atom stereocenters. The Morgan fingerprint density at radius 2 is 2.00 bits per heavy atom. The van der Waals surface area contributed by atoms with Crippen molar-refractivity contribution in [3.8, 4) is 0 Å². The molecule has 2 aromatic rings. The second-order valence-corrected chi connectivity index (χ2v) is 7.52. The molecule has 0 radical (unpaired) electrons. The summed E-state index contributed by atoms with van der Waals surface area (Å²) in [6.07, 6.45) is 3.54. The SMILES string of the molecule is CCCNC(=O)c1cc(NC(=O)Cc2cccs2)ccc1N1CCCC1. The van der Waals surface area contributed by atoms with Gasteiger partial charge in [0.25, 0.3) is 5.91 Å². The van der Waals surface area contributed by atoms with Gasteiger partial charge in [0.15, 0.2) is 0 Å². The van der Waals surface area contributed by atoms with Gasteiger partial charge in [-0.25, -0.2) is 0 Å². The van der Waals surface area contributed by atoms with Gasteiger partial charge < -0.3 is 15.5 Å². The lowest BCUT2D eigenvalue weighted by Gasteiger charge is -2.22. The van der Waals surface area contributed by atoms with Crippen molar-refractivity contribution in [2.75, 3.05) is 29.9 Å². The van der Waals surface area contributed by atoms with Crippen molar-refractivity contribution in [3.63, 3.8) is 0 Å². The van der Waals surface area contributed by atoms with Gasteiger partial charge in [-0.1, -0.05) is 13.0 Å². The van der Waals surface area contributed by atoms with Crippen molar-refractivity contribution >= 4 is 34.5 Å². The molecule has 0 bridgehead atoms. The van der Waals surface area contributed by atoms with Gasteiger partial charge in [-0.2, -0.15) is 0 Å². The standard InChI is InChI=1S/C20H25N3O2S/c1-2-9-21-20(25)17-13-15(7-8-18(17)23-10-3-4-11-23)22-19(24)14-16-6-5-12-26-16/h5-8,12-13H,2-4,9-11,14H2,1H3,(H,21,25)(H,22,24). The van der Waals surface area contributed by atoms with E-state index in [4.69, 9.17) is 0 Å². The number of benzene rings is 1. The lowest BCUT2D eigenvalue weighted by molar-refractivity contribution is -0.115. The summed E-state index contributed by atoms with van der Waals surface area (Å²) in [6.45, 7) is 4.62. The Balaban J connectivity index is 1.77. The van der Waals surface area contributed by atoms with E-state index in [0.717, 1.165) is 42.9 Å². The Morgan fingerprint density at radius 3 is 2.69 bits per heavy atom. The Morgan fingerprint density at radius 1 is 1.19 bits per heavy atom. The van der Waals surface area contributed by atoms with Gasteiger partial charge in [-0.15, -0.1) is 11.3 Å². The van der Waals surface area contributed by atoms with Crippen LogP contribution in [0.4, 0.5) is 11.4 Å². The largest absolute Gasteiger partial charge is 0.371 e. The van der Waals surface area contributed by atoms with Crippen LogP contribution in [0.1, 0.15) is 41.4 Å². The molecular formula is C20H25N3O2S. The van der Waals surface area contributed by atoms with Crippen LogP contribution >= 0.6 is 11.3 Å². The van der Waals surface area contributed by atoms with Crippen LogP contribution in [0, 0.1) is 0 Å². The molecule has 2 amide bonds. The molecule has 1 saturated heterocycles. The third kappa shape index (κ3) is 4.64. The van der Waals surface area contributed by atoms with Gasteiger partial charge in [0.05, 0.1) is 12.0 Å². The van der Waals surface area contributed by atoms with Crippen LogP contribution in [0.25, 0.3) is 0 Å². The molecule has 5 nitrogen and oxygen atoms in total. The summed E-state index contributed by atoms with van der Waals surface area (Å²) < 4.78 is 0. The molecule has 0 unspecified atom stereocenters. The first-order valence-electron chi connectivity index (χ1n) is 9.17. The second-order valence-electron chi connectivity index (χ2n) is 6.49. The van der Waals surface area contributed by atoms with E-state index in [2.05, 4.69) is 15.5 Å². The van der Waals surface area contributed by atoms with Crippen LogP contribution in [0.2, 0.25) is 0 Å². The fourth-order valence-corrected chi connectivity index (χ4v) is 3.84. The van der Waals surface area contributed by atoms with Gasteiger partial charge in [0, 0.05) is 35.9 Å². The van der Waals surface area contributed by atoms with E-state index >= 15 is 0 Å². The van der Waals surface area contributed by atoms with Crippen molar-refractivity contribution in [2.45, 2.75) is 32.6 Å². The number of anilines is 2. The zero-order chi connectivity index (χ0) is 18.4.